The minimum atomic E-state index is -0.646. The average Bonchev–Trinajstić information content (AvgIpc) is 3.17. The van der Waals surface area contributed by atoms with E-state index in [1.165, 1.54) is 11.3 Å². The summed E-state index contributed by atoms with van der Waals surface area (Å²) in [5.74, 6) is -0.514. The molecule has 3 aromatic rings. The number of nitrogens with zero attached hydrogens (tertiary/aromatic N) is 2. The summed E-state index contributed by atoms with van der Waals surface area (Å²) in [5.41, 5.74) is 1.35. The Balaban J connectivity index is 1.81. The molecule has 0 saturated carbocycles. The van der Waals surface area contributed by atoms with Gasteiger partial charge >= 0.3 is 0 Å². The quantitative estimate of drug-likeness (QED) is 0.566. The lowest BCUT2D eigenvalue weighted by molar-refractivity contribution is -0.124. The number of hydrogen-bond acceptors (Lipinski definition) is 4. The highest BCUT2D eigenvalue weighted by Gasteiger charge is 2.23. The van der Waals surface area contributed by atoms with Crippen LogP contribution in [0.15, 0.2) is 24.3 Å². The maximum absolute atomic E-state index is 12.7. The van der Waals surface area contributed by atoms with E-state index >= 15 is 0 Å². The van der Waals surface area contributed by atoms with Crippen molar-refractivity contribution in [3.05, 3.63) is 50.4 Å². The highest BCUT2D eigenvalue weighted by Crippen LogP contribution is 2.30. The van der Waals surface area contributed by atoms with Crippen molar-refractivity contribution < 1.29 is 9.59 Å². The van der Waals surface area contributed by atoms with Crippen LogP contribution in [0.5, 0.6) is 0 Å². The summed E-state index contributed by atoms with van der Waals surface area (Å²) in [5, 5.41) is 12.3. The number of carbonyl (C=O) groups is 2. The number of halogens is 2. The smallest absolute Gasteiger partial charge is 0.262 e. The first kappa shape index (κ1) is 22.6. The van der Waals surface area contributed by atoms with Crippen LogP contribution in [0.1, 0.15) is 48.6 Å². The van der Waals surface area contributed by atoms with Crippen LogP contribution < -0.4 is 10.6 Å². The minimum absolute atomic E-state index is 0.225. The van der Waals surface area contributed by atoms with E-state index in [2.05, 4.69) is 15.7 Å². The second-order valence-electron chi connectivity index (χ2n) is 8.24. The number of hydrogen-bond donors (Lipinski definition) is 2. The average molecular weight is 467 g/mol. The number of nitrogens with one attached hydrogen (secondary N) is 2. The van der Waals surface area contributed by atoms with Gasteiger partial charge in [0.15, 0.2) is 0 Å². The molecule has 1 unspecified atom stereocenters. The van der Waals surface area contributed by atoms with Gasteiger partial charge in [0.25, 0.3) is 5.91 Å². The molecule has 0 radical (unpaired) electrons. The summed E-state index contributed by atoms with van der Waals surface area (Å²) >= 11 is 13.6. The fourth-order valence-electron chi connectivity index (χ4n) is 2.95. The number of aromatic nitrogens is 2. The number of rotatable bonds is 5. The van der Waals surface area contributed by atoms with E-state index in [4.69, 9.17) is 23.2 Å². The van der Waals surface area contributed by atoms with Crippen LogP contribution in [0.3, 0.4) is 0 Å². The maximum atomic E-state index is 12.7. The van der Waals surface area contributed by atoms with Gasteiger partial charge in [-0.1, -0.05) is 29.3 Å². The number of amides is 2. The van der Waals surface area contributed by atoms with Crippen molar-refractivity contribution in [1.29, 1.82) is 0 Å². The lowest BCUT2D eigenvalue weighted by Gasteiger charge is -2.23. The molecule has 2 N–H and O–H groups in total. The van der Waals surface area contributed by atoms with Crippen LogP contribution >= 0.6 is 34.5 Å². The molecule has 0 saturated heterocycles. The molecule has 0 spiro atoms. The van der Waals surface area contributed by atoms with Crippen LogP contribution in [-0.2, 0) is 11.3 Å². The van der Waals surface area contributed by atoms with Crippen molar-refractivity contribution in [2.75, 3.05) is 0 Å². The molecular formula is C21H24Cl2N4O2S. The number of carbonyl (C=O) groups excluding carboxylic acids is 2. The van der Waals surface area contributed by atoms with Gasteiger partial charge in [0, 0.05) is 21.0 Å². The predicted octanol–water partition coefficient (Wildman–Crippen LogP) is 4.79. The Morgan fingerprint density at radius 2 is 1.93 bits per heavy atom. The molecule has 160 valence electrons. The van der Waals surface area contributed by atoms with Gasteiger partial charge in [-0.3, -0.25) is 14.3 Å². The van der Waals surface area contributed by atoms with Crippen LogP contribution in [0.25, 0.3) is 10.2 Å². The molecule has 2 amide bonds. The number of benzene rings is 1. The van der Waals surface area contributed by atoms with E-state index in [1.54, 1.807) is 19.1 Å². The lowest BCUT2D eigenvalue weighted by atomic mass is 10.1. The molecule has 3 rings (SSSR count). The van der Waals surface area contributed by atoms with E-state index in [0.29, 0.717) is 21.5 Å². The zero-order chi connectivity index (χ0) is 22.2. The molecule has 0 bridgehead atoms. The molecule has 2 heterocycles. The van der Waals surface area contributed by atoms with E-state index < -0.39 is 6.04 Å². The van der Waals surface area contributed by atoms with Crippen molar-refractivity contribution in [2.24, 2.45) is 0 Å². The Bertz CT molecular complexity index is 1110. The number of thiophene rings is 1. The summed E-state index contributed by atoms with van der Waals surface area (Å²) in [6, 6.07) is 6.51. The zero-order valence-electron chi connectivity index (χ0n) is 17.5. The van der Waals surface area contributed by atoms with Crippen LogP contribution in [0.2, 0.25) is 10.0 Å². The van der Waals surface area contributed by atoms with Crippen molar-refractivity contribution in [3.8, 4) is 0 Å². The first-order valence-electron chi connectivity index (χ1n) is 9.48. The second-order valence-corrected chi connectivity index (χ2v) is 10.1. The monoisotopic (exact) mass is 466 g/mol. The van der Waals surface area contributed by atoms with E-state index in [9.17, 15) is 9.59 Å². The Morgan fingerprint density at radius 1 is 1.23 bits per heavy atom. The van der Waals surface area contributed by atoms with E-state index in [0.717, 1.165) is 21.5 Å². The molecule has 2 aromatic heterocycles. The van der Waals surface area contributed by atoms with Crippen molar-refractivity contribution in [1.82, 2.24) is 20.4 Å². The molecule has 30 heavy (non-hydrogen) atoms. The molecule has 0 aliphatic carbocycles. The third kappa shape index (κ3) is 5.14. The summed E-state index contributed by atoms with van der Waals surface area (Å²) < 4.78 is 1.83. The molecule has 1 atom stereocenters. The molecule has 0 aliphatic heterocycles. The largest absolute Gasteiger partial charge is 0.350 e. The van der Waals surface area contributed by atoms with Crippen molar-refractivity contribution in [2.45, 2.75) is 52.7 Å². The number of aryl methyl sites for hydroxylation is 1. The summed E-state index contributed by atoms with van der Waals surface area (Å²) in [4.78, 5) is 26.4. The Hall–Kier alpha value is -2.09. The van der Waals surface area contributed by atoms with Gasteiger partial charge in [-0.2, -0.15) is 5.10 Å². The van der Waals surface area contributed by atoms with E-state index in [1.807, 2.05) is 44.5 Å². The summed E-state index contributed by atoms with van der Waals surface area (Å²) in [6.07, 6.45) is 0. The van der Waals surface area contributed by atoms with Crippen LogP contribution in [-0.4, -0.2) is 33.2 Å². The summed E-state index contributed by atoms with van der Waals surface area (Å²) in [6.45, 7) is 9.72. The van der Waals surface area contributed by atoms with Crippen molar-refractivity contribution in [3.63, 3.8) is 0 Å². The van der Waals surface area contributed by atoms with Crippen LogP contribution in [0, 0.1) is 6.92 Å². The summed E-state index contributed by atoms with van der Waals surface area (Å²) in [7, 11) is 0. The van der Waals surface area contributed by atoms with Gasteiger partial charge in [0.2, 0.25) is 5.91 Å². The molecule has 0 aliphatic rings. The molecule has 9 heteroatoms. The van der Waals surface area contributed by atoms with Gasteiger partial charge in [0.05, 0.1) is 17.1 Å². The molecule has 0 fully saturated rings. The molecular weight excluding hydrogens is 443 g/mol. The second kappa shape index (κ2) is 8.57. The lowest BCUT2D eigenvalue weighted by Crippen LogP contribution is -2.50. The molecule has 6 nitrogen and oxygen atoms in total. The van der Waals surface area contributed by atoms with E-state index in [-0.39, 0.29) is 17.4 Å². The van der Waals surface area contributed by atoms with Gasteiger partial charge in [-0.15, -0.1) is 11.3 Å². The van der Waals surface area contributed by atoms with Gasteiger partial charge in [0.1, 0.15) is 10.9 Å². The highest BCUT2D eigenvalue weighted by molar-refractivity contribution is 7.20. The first-order chi connectivity index (χ1) is 13.9. The standard InChI is InChI=1S/C21H24Cl2N4O2S/c1-11-15-9-17(19(29)24-12(2)18(28)25-21(3,4)5)30-20(15)27(26-11)10-13-6-7-14(22)8-16(13)23/h6-9,12H,10H2,1-5H3,(H,24,29)(H,25,28). The Morgan fingerprint density at radius 3 is 2.57 bits per heavy atom. The minimum Gasteiger partial charge on any atom is -0.350 e. The van der Waals surface area contributed by atoms with Gasteiger partial charge < -0.3 is 10.6 Å². The van der Waals surface area contributed by atoms with Crippen molar-refractivity contribution >= 4 is 56.6 Å². The molecule has 1 aromatic carbocycles. The zero-order valence-corrected chi connectivity index (χ0v) is 19.8. The van der Waals surface area contributed by atoms with Gasteiger partial charge in [-0.25, -0.2) is 0 Å². The highest BCUT2D eigenvalue weighted by atomic mass is 35.5. The SMILES string of the molecule is Cc1nn(Cc2ccc(Cl)cc2Cl)c2sc(C(=O)NC(C)C(=O)NC(C)(C)C)cc12. The third-order valence-electron chi connectivity index (χ3n) is 4.41. The first-order valence-corrected chi connectivity index (χ1v) is 11.1. The fraction of sp³-hybridized carbons (Fsp3) is 0.381. The Kier molecular flexibility index (Phi) is 6.45. The third-order valence-corrected chi connectivity index (χ3v) is 6.14. The number of fused-ring (bicyclic) bond motifs is 1. The Labute approximate surface area is 189 Å². The normalized spacial score (nSPS) is 12.8. The topological polar surface area (TPSA) is 76.0 Å². The maximum Gasteiger partial charge on any atom is 0.262 e. The van der Waals surface area contributed by atoms with Gasteiger partial charge in [-0.05, 0) is 58.4 Å². The predicted molar refractivity (Wildman–Crippen MR) is 123 cm³/mol. The van der Waals surface area contributed by atoms with Crippen LogP contribution in [0.4, 0.5) is 0 Å². The fourth-order valence-corrected chi connectivity index (χ4v) is 4.49.